The average Bonchev–Trinajstić information content (AvgIpc) is 3.24. The van der Waals surface area contributed by atoms with Gasteiger partial charge in [-0.2, -0.15) is 0 Å². The molecular formula is C19H24F2N4. The molecule has 0 amide bonds. The molecule has 0 aliphatic carbocycles. The van der Waals surface area contributed by atoms with Crippen molar-refractivity contribution in [3.05, 3.63) is 41.9 Å². The molecule has 2 aromatic rings. The van der Waals surface area contributed by atoms with Gasteiger partial charge in [-0.15, -0.1) is 0 Å². The number of aryl methyl sites for hydroxylation is 1. The first-order valence-corrected chi connectivity index (χ1v) is 9.08. The molecule has 1 saturated heterocycles. The molecule has 3 atom stereocenters. The SMILES string of the molecule is CC(NC1CCc2nc(-c3ccc(F)cc3F)cn2C1)C1CCNC1. The minimum Gasteiger partial charge on any atom is -0.333 e. The van der Waals surface area contributed by atoms with Crippen molar-refractivity contribution in [3.63, 3.8) is 0 Å². The Morgan fingerprint density at radius 2 is 2.20 bits per heavy atom. The number of rotatable bonds is 4. The van der Waals surface area contributed by atoms with Gasteiger partial charge in [-0.25, -0.2) is 13.8 Å². The van der Waals surface area contributed by atoms with Crippen molar-refractivity contribution < 1.29 is 8.78 Å². The van der Waals surface area contributed by atoms with Gasteiger partial charge in [0, 0.05) is 42.9 Å². The van der Waals surface area contributed by atoms with Crippen molar-refractivity contribution in [1.82, 2.24) is 20.2 Å². The molecular weight excluding hydrogens is 322 g/mol. The fourth-order valence-electron chi connectivity index (χ4n) is 4.02. The number of nitrogens with one attached hydrogen (secondary N) is 2. The van der Waals surface area contributed by atoms with Gasteiger partial charge in [0.15, 0.2) is 0 Å². The first-order chi connectivity index (χ1) is 12.1. The number of hydrogen-bond acceptors (Lipinski definition) is 3. The van der Waals surface area contributed by atoms with Gasteiger partial charge in [-0.3, -0.25) is 0 Å². The van der Waals surface area contributed by atoms with Crippen LogP contribution in [0.1, 0.15) is 25.6 Å². The third-order valence-corrected chi connectivity index (χ3v) is 5.50. The van der Waals surface area contributed by atoms with Gasteiger partial charge >= 0.3 is 0 Å². The second-order valence-electron chi connectivity index (χ2n) is 7.26. The average molecular weight is 346 g/mol. The van der Waals surface area contributed by atoms with Crippen LogP contribution in [0.3, 0.4) is 0 Å². The molecule has 1 aromatic carbocycles. The van der Waals surface area contributed by atoms with Crippen LogP contribution in [0.4, 0.5) is 8.78 Å². The lowest BCUT2D eigenvalue weighted by Gasteiger charge is -2.30. The Balaban J connectivity index is 1.47. The van der Waals surface area contributed by atoms with Gasteiger partial charge in [-0.1, -0.05) is 0 Å². The highest BCUT2D eigenvalue weighted by atomic mass is 19.1. The Labute approximate surface area is 146 Å². The molecule has 134 valence electrons. The molecule has 6 heteroatoms. The van der Waals surface area contributed by atoms with E-state index in [0.717, 1.165) is 44.4 Å². The molecule has 4 nitrogen and oxygen atoms in total. The maximum absolute atomic E-state index is 14.0. The van der Waals surface area contributed by atoms with Gasteiger partial charge in [0.1, 0.15) is 17.5 Å². The number of benzene rings is 1. The number of halogens is 2. The van der Waals surface area contributed by atoms with Crippen LogP contribution < -0.4 is 10.6 Å². The summed E-state index contributed by atoms with van der Waals surface area (Å²) in [5.74, 6) is 0.539. The highest BCUT2D eigenvalue weighted by Crippen LogP contribution is 2.26. The molecule has 4 rings (SSSR count). The monoisotopic (exact) mass is 346 g/mol. The van der Waals surface area contributed by atoms with Gasteiger partial charge in [0.2, 0.25) is 0 Å². The van der Waals surface area contributed by atoms with Crippen LogP contribution >= 0.6 is 0 Å². The lowest BCUT2D eigenvalue weighted by atomic mass is 9.98. The maximum Gasteiger partial charge on any atom is 0.135 e. The molecule has 0 radical (unpaired) electrons. The Morgan fingerprint density at radius 3 is 2.96 bits per heavy atom. The zero-order valence-corrected chi connectivity index (χ0v) is 14.4. The second kappa shape index (κ2) is 6.84. The van der Waals surface area contributed by atoms with E-state index in [4.69, 9.17) is 0 Å². The maximum atomic E-state index is 14.0. The van der Waals surface area contributed by atoms with Crippen molar-refractivity contribution in [3.8, 4) is 11.3 Å². The Morgan fingerprint density at radius 1 is 1.32 bits per heavy atom. The normalized spacial score (nSPS) is 24.3. The molecule has 3 unspecified atom stereocenters. The summed E-state index contributed by atoms with van der Waals surface area (Å²) in [4.78, 5) is 4.57. The van der Waals surface area contributed by atoms with E-state index >= 15 is 0 Å². The molecule has 0 bridgehead atoms. The summed E-state index contributed by atoms with van der Waals surface area (Å²) >= 11 is 0. The van der Waals surface area contributed by atoms with Crippen molar-refractivity contribution in [1.29, 1.82) is 0 Å². The molecule has 0 saturated carbocycles. The summed E-state index contributed by atoms with van der Waals surface area (Å²) in [5, 5.41) is 7.18. The lowest BCUT2D eigenvalue weighted by Crippen LogP contribution is -2.45. The summed E-state index contributed by atoms with van der Waals surface area (Å²) in [6, 6.07) is 4.54. The number of fused-ring (bicyclic) bond motifs is 1. The topological polar surface area (TPSA) is 41.9 Å². The standard InChI is InChI=1S/C19H24F2N4/c1-12(13-6-7-22-9-13)23-15-3-5-19-24-18(11-25(19)10-15)16-4-2-14(20)8-17(16)21/h2,4,8,11-13,15,22-23H,3,5-7,9-10H2,1H3. The van der Waals surface area contributed by atoms with Crippen molar-refractivity contribution in [2.75, 3.05) is 13.1 Å². The number of aromatic nitrogens is 2. The number of nitrogens with zero attached hydrogens (tertiary/aromatic N) is 2. The van der Waals surface area contributed by atoms with E-state index in [1.54, 1.807) is 0 Å². The minimum atomic E-state index is -0.565. The summed E-state index contributed by atoms with van der Waals surface area (Å²) in [6.45, 7) is 5.31. The minimum absolute atomic E-state index is 0.359. The van der Waals surface area contributed by atoms with Crippen LogP contribution in [-0.4, -0.2) is 34.7 Å². The van der Waals surface area contributed by atoms with E-state index in [9.17, 15) is 8.78 Å². The van der Waals surface area contributed by atoms with Crippen LogP contribution in [0.5, 0.6) is 0 Å². The van der Waals surface area contributed by atoms with E-state index in [2.05, 4.69) is 27.1 Å². The fraction of sp³-hybridized carbons (Fsp3) is 0.526. The summed E-state index contributed by atoms with van der Waals surface area (Å²) in [6.07, 6.45) is 5.02. The van der Waals surface area contributed by atoms with Gasteiger partial charge < -0.3 is 15.2 Å². The molecule has 0 spiro atoms. The van der Waals surface area contributed by atoms with Crippen LogP contribution in [0, 0.1) is 17.6 Å². The van der Waals surface area contributed by atoms with Crippen LogP contribution in [0.25, 0.3) is 11.3 Å². The molecule has 2 aliphatic heterocycles. The summed E-state index contributed by atoms with van der Waals surface area (Å²) in [5.41, 5.74) is 0.944. The predicted molar refractivity (Wildman–Crippen MR) is 93.3 cm³/mol. The van der Waals surface area contributed by atoms with E-state index in [0.29, 0.717) is 29.3 Å². The summed E-state index contributed by atoms with van der Waals surface area (Å²) in [7, 11) is 0. The molecule has 1 fully saturated rings. The Bertz CT molecular complexity index is 752. The smallest absolute Gasteiger partial charge is 0.135 e. The molecule has 1 aromatic heterocycles. The quantitative estimate of drug-likeness (QED) is 0.895. The third kappa shape index (κ3) is 3.46. The highest BCUT2D eigenvalue weighted by molar-refractivity contribution is 5.59. The van der Waals surface area contributed by atoms with E-state index in [-0.39, 0.29) is 0 Å². The molecule has 3 heterocycles. The van der Waals surface area contributed by atoms with Gasteiger partial charge in [0.05, 0.1) is 5.69 Å². The molecule has 2 aliphatic rings. The van der Waals surface area contributed by atoms with Crippen molar-refractivity contribution >= 4 is 0 Å². The predicted octanol–water partition coefficient (Wildman–Crippen LogP) is 2.73. The summed E-state index contributed by atoms with van der Waals surface area (Å²) < 4.78 is 29.2. The Hall–Kier alpha value is -1.79. The van der Waals surface area contributed by atoms with Crippen LogP contribution in [0.15, 0.2) is 24.4 Å². The molecule has 2 N–H and O–H groups in total. The van der Waals surface area contributed by atoms with Gasteiger partial charge in [-0.05, 0) is 50.9 Å². The van der Waals surface area contributed by atoms with E-state index in [1.165, 1.54) is 18.6 Å². The highest BCUT2D eigenvalue weighted by Gasteiger charge is 2.26. The van der Waals surface area contributed by atoms with Crippen molar-refractivity contribution in [2.45, 2.75) is 44.8 Å². The Kier molecular flexibility index (Phi) is 4.56. The van der Waals surface area contributed by atoms with E-state index in [1.807, 2.05) is 6.20 Å². The van der Waals surface area contributed by atoms with Crippen molar-refractivity contribution in [2.24, 2.45) is 5.92 Å². The van der Waals surface area contributed by atoms with Crippen LogP contribution in [-0.2, 0) is 13.0 Å². The zero-order chi connectivity index (χ0) is 17.4. The zero-order valence-electron chi connectivity index (χ0n) is 14.4. The lowest BCUT2D eigenvalue weighted by molar-refractivity contribution is 0.302. The first-order valence-electron chi connectivity index (χ1n) is 9.08. The van der Waals surface area contributed by atoms with E-state index < -0.39 is 11.6 Å². The fourth-order valence-corrected chi connectivity index (χ4v) is 4.02. The van der Waals surface area contributed by atoms with Crippen LogP contribution in [0.2, 0.25) is 0 Å². The first kappa shape index (κ1) is 16.7. The third-order valence-electron chi connectivity index (χ3n) is 5.50. The second-order valence-corrected chi connectivity index (χ2v) is 7.26. The number of hydrogen-bond donors (Lipinski definition) is 2. The largest absolute Gasteiger partial charge is 0.333 e. The molecule has 25 heavy (non-hydrogen) atoms. The van der Waals surface area contributed by atoms with Gasteiger partial charge in [0.25, 0.3) is 0 Å². The number of imidazole rings is 1.